The van der Waals surface area contributed by atoms with Crippen molar-refractivity contribution in [1.29, 1.82) is 0 Å². The lowest BCUT2D eigenvalue weighted by Crippen LogP contribution is -2.45. The van der Waals surface area contributed by atoms with E-state index in [9.17, 15) is 13.2 Å². The van der Waals surface area contributed by atoms with E-state index >= 15 is 0 Å². The largest absolute Gasteiger partial charge is 0.480 e. The van der Waals surface area contributed by atoms with Crippen molar-refractivity contribution >= 4 is 16.0 Å². The van der Waals surface area contributed by atoms with Gasteiger partial charge in [-0.25, -0.2) is 13.1 Å². The number of methoxy groups -OCH3 is 1. The van der Waals surface area contributed by atoms with Gasteiger partial charge >= 0.3 is 5.97 Å². The summed E-state index contributed by atoms with van der Waals surface area (Å²) in [4.78, 5) is 11.0. The summed E-state index contributed by atoms with van der Waals surface area (Å²) in [5, 5.41) is 8.96. The molecule has 0 radical (unpaired) electrons. The van der Waals surface area contributed by atoms with Crippen molar-refractivity contribution in [3.63, 3.8) is 0 Å². The van der Waals surface area contributed by atoms with E-state index in [2.05, 4.69) is 4.72 Å². The van der Waals surface area contributed by atoms with Crippen LogP contribution in [0.1, 0.15) is 26.7 Å². The normalized spacial score (nSPS) is 15.5. The zero-order valence-corrected chi connectivity index (χ0v) is 11.3. The molecule has 0 aliphatic carbocycles. The van der Waals surface area contributed by atoms with E-state index in [1.54, 1.807) is 6.92 Å². The molecule has 0 saturated carbocycles. The van der Waals surface area contributed by atoms with Gasteiger partial charge in [0.05, 0.1) is 5.75 Å². The number of nitrogens with one attached hydrogen (secondary N) is 1. The molecule has 0 fully saturated rings. The van der Waals surface area contributed by atoms with Crippen molar-refractivity contribution in [3.05, 3.63) is 0 Å². The fourth-order valence-electron chi connectivity index (χ4n) is 1.29. The van der Waals surface area contributed by atoms with Crippen LogP contribution in [0, 0.1) is 5.92 Å². The van der Waals surface area contributed by atoms with Crippen LogP contribution in [0.5, 0.6) is 0 Å². The summed E-state index contributed by atoms with van der Waals surface area (Å²) in [5.74, 6) is -1.51. The molecule has 0 bridgehead atoms. The molecule has 0 saturated heterocycles. The summed E-state index contributed by atoms with van der Waals surface area (Å²) in [6, 6.07) is -1.06. The average molecular weight is 267 g/mol. The minimum absolute atomic E-state index is 0.124. The van der Waals surface area contributed by atoms with Gasteiger partial charge in [0.2, 0.25) is 10.0 Å². The number of hydrogen-bond donors (Lipinski definition) is 2. The van der Waals surface area contributed by atoms with E-state index in [0.29, 0.717) is 19.4 Å². The van der Waals surface area contributed by atoms with E-state index < -0.39 is 22.0 Å². The van der Waals surface area contributed by atoms with Gasteiger partial charge in [-0.2, -0.15) is 0 Å². The Morgan fingerprint density at radius 1 is 1.47 bits per heavy atom. The van der Waals surface area contributed by atoms with Crippen LogP contribution in [0.15, 0.2) is 0 Å². The lowest BCUT2D eigenvalue weighted by Gasteiger charge is -2.19. The molecule has 6 nitrogen and oxygen atoms in total. The summed E-state index contributed by atoms with van der Waals surface area (Å²) in [7, 11) is -2.08. The van der Waals surface area contributed by atoms with Crippen LogP contribution >= 0.6 is 0 Å². The van der Waals surface area contributed by atoms with Crippen LogP contribution in [0.3, 0.4) is 0 Å². The summed E-state index contributed by atoms with van der Waals surface area (Å²) < 4.78 is 30.2. The Hall–Kier alpha value is -0.660. The number of carboxylic acid groups (broad SMARTS) is 1. The molecule has 102 valence electrons. The van der Waals surface area contributed by atoms with Crippen molar-refractivity contribution in [1.82, 2.24) is 4.72 Å². The SMILES string of the molecule is CCC(C)[C@H](NS(=O)(=O)CCCOC)C(=O)O. The summed E-state index contributed by atoms with van der Waals surface area (Å²) in [6.07, 6.45) is 0.941. The van der Waals surface area contributed by atoms with E-state index in [1.165, 1.54) is 7.11 Å². The standard InChI is InChI=1S/C10H21NO5S/c1-4-8(2)9(10(12)13)11-17(14,15)7-5-6-16-3/h8-9,11H,4-7H2,1-3H3,(H,12,13)/t8?,9-/m0/s1. The van der Waals surface area contributed by atoms with Crippen molar-refractivity contribution in [3.8, 4) is 0 Å². The van der Waals surface area contributed by atoms with E-state index in [-0.39, 0.29) is 11.7 Å². The summed E-state index contributed by atoms with van der Waals surface area (Å²) >= 11 is 0. The maximum absolute atomic E-state index is 11.6. The highest BCUT2D eigenvalue weighted by Crippen LogP contribution is 2.09. The van der Waals surface area contributed by atoms with Gasteiger partial charge in [0.1, 0.15) is 6.04 Å². The molecule has 0 aliphatic heterocycles. The first kappa shape index (κ1) is 16.3. The number of hydrogen-bond acceptors (Lipinski definition) is 4. The lowest BCUT2D eigenvalue weighted by atomic mass is 10.0. The van der Waals surface area contributed by atoms with Crippen molar-refractivity contribution in [2.45, 2.75) is 32.7 Å². The molecule has 0 amide bonds. The molecule has 0 aromatic carbocycles. The first-order chi connectivity index (χ1) is 7.84. The Balaban J connectivity index is 4.48. The minimum Gasteiger partial charge on any atom is -0.480 e. The van der Waals surface area contributed by atoms with Crippen LogP contribution in [0.2, 0.25) is 0 Å². The molecular formula is C10H21NO5S. The van der Waals surface area contributed by atoms with Gasteiger partial charge in [-0.15, -0.1) is 0 Å². The van der Waals surface area contributed by atoms with Crippen LogP contribution in [0.4, 0.5) is 0 Å². The minimum atomic E-state index is -3.56. The first-order valence-electron chi connectivity index (χ1n) is 5.55. The van der Waals surface area contributed by atoms with Gasteiger partial charge in [-0.05, 0) is 12.3 Å². The number of ether oxygens (including phenoxy) is 1. The maximum atomic E-state index is 11.6. The number of aliphatic carboxylic acids is 1. The lowest BCUT2D eigenvalue weighted by molar-refractivity contribution is -0.140. The molecule has 2 N–H and O–H groups in total. The van der Waals surface area contributed by atoms with Crippen LogP contribution in [-0.2, 0) is 19.6 Å². The van der Waals surface area contributed by atoms with Crippen molar-refractivity contribution in [2.24, 2.45) is 5.92 Å². The Morgan fingerprint density at radius 3 is 2.47 bits per heavy atom. The van der Waals surface area contributed by atoms with Crippen molar-refractivity contribution in [2.75, 3.05) is 19.5 Å². The third-order valence-electron chi connectivity index (χ3n) is 2.55. The highest BCUT2D eigenvalue weighted by Gasteiger charge is 2.27. The fraction of sp³-hybridized carbons (Fsp3) is 0.900. The molecule has 17 heavy (non-hydrogen) atoms. The van der Waals surface area contributed by atoms with Gasteiger partial charge in [0, 0.05) is 13.7 Å². The second-order valence-electron chi connectivity index (χ2n) is 3.98. The number of rotatable bonds is 9. The van der Waals surface area contributed by atoms with Gasteiger partial charge in [-0.3, -0.25) is 4.79 Å². The molecule has 0 rings (SSSR count). The second kappa shape index (κ2) is 7.62. The van der Waals surface area contributed by atoms with E-state index in [4.69, 9.17) is 9.84 Å². The quantitative estimate of drug-likeness (QED) is 0.591. The molecule has 0 aromatic rings. The van der Waals surface area contributed by atoms with Crippen LogP contribution < -0.4 is 4.72 Å². The Bertz CT molecular complexity index is 328. The highest BCUT2D eigenvalue weighted by molar-refractivity contribution is 7.89. The van der Waals surface area contributed by atoms with Gasteiger partial charge in [0.15, 0.2) is 0 Å². The predicted molar refractivity (Wildman–Crippen MR) is 64.3 cm³/mol. The topological polar surface area (TPSA) is 92.7 Å². The monoisotopic (exact) mass is 267 g/mol. The summed E-state index contributed by atoms with van der Waals surface area (Å²) in [5.41, 5.74) is 0. The van der Waals surface area contributed by atoms with Gasteiger partial charge < -0.3 is 9.84 Å². The predicted octanol–water partition coefficient (Wildman–Crippen LogP) is 0.442. The number of carbonyl (C=O) groups is 1. The number of carboxylic acids is 1. The second-order valence-corrected chi connectivity index (χ2v) is 5.86. The molecule has 0 aromatic heterocycles. The zero-order chi connectivity index (χ0) is 13.5. The molecule has 2 atom stereocenters. The van der Waals surface area contributed by atoms with E-state index in [0.717, 1.165) is 0 Å². The third kappa shape index (κ3) is 6.60. The Labute approximate surface area is 102 Å². The molecule has 0 heterocycles. The summed E-state index contributed by atoms with van der Waals surface area (Å²) in [6.45, 7) is 3.86. The highest BCUT2D eigenvalue weighted by atomic mass is 32.2. The zero-order valence-electron chi connectivity index (χ0n) is 10.5. The van der Waals surface area contributed by atoms with Crippen LogP contribution in [-0.4, -0.2) is 45.0 Å². The molecule has 0 aliphatic rings. The molecule has 0 spiro atoms. The van der Waals surface area contributed by atoms with E-state index in [1.807, 2.05) is 6.92 Å². The van der Waals surface area contributed by atoms with Crippen molar-refractivity contribution < 1.29 is 23.1 Å². The molecule has 1 unspecified atom stereocenters. The molecule has 7 heteroatoms. The smallest absolute Gasteiger partial charge is 0.322 e. The maximum Gasteiger partial charge on any atom is 0.322 e. The third-order valence-corrected chi connectivity index (χ3v) is 3.99. The first-order valence-corrected chi connectivity index (χ1v) is 7.21. The fourth-order valence-corrected chi connectivity index (χ4v) is 2.63. The Kier molecular flexibility index (Phi) is 7.33. The van der Waals surface area contributed by atoms with Crippen LogP contribution in [0.25, 0.3) is 0 Å². The average Bonchev–Trinajstić information content (AvgIpc) is 2.25. The Morgan fingerprint density at radius 2 is 2.06 bits per heavy atom. The van der Waals surface area contributed by atoms with Gasteiger partial charge in [0.25, 0.3) is 0 Å². The molecular weight excluding hydrogens is 246 g/mol. The van der Waals surface area contributed by atoms with Gasteiger partial charge in [-0.1, -0.05) is 20.3 Å². The number of sulfonamides is 1.